The van der Waals surface area contributed by atoms with Crippen LogP contribution in [0.15, 0.2) is 0 Å². The minimum atomic E-state index is -1.16. The first-order chi connectivity index (χ1) is 5.74. The van der Waals surface area contributed by atoms with E-state index in [4.69, 9.17) is 20.1 Å². The molecule has 0 bridgehead atoms. The van der Waals surface area contributed by atoms with Crippen molar-refractivity contribution in [2.75, 3.05) is 26.4 Å². The van der Waals surface area contributed by atoms with Gasteiger partial charge in [0.15, 0.2) is 0 Å². The third kappa shape index (κ3) is 3.49. The minimum absolute atomic E-state index is 0.357. The van der Waals surface area contributed by atoms with E-state index in [1.807, 2.05) is 6.92 Å². The van der Waals surface area contributed by atoms with Crippen LogP contribution in [0.2, 0.25) is 0 Å². The predicted octanol–water partition coefficient (Wildman–Crippen LogP) is -0.481. The molecule has 12 heavy (non-hydrogen) atoms. The first kappa shape index (κ1) is 11.8. The maximum Gasteiger partial charge on any atom is 0.137 e. The average Bonchev–Trinajstić information content (AvgIpc) is 2.14. The lowest BCUT2D eigenvalue weighted by molar-refractivity contribution is -0.133. The zero-order chi connectivity index (χ0) is 9.45. The Balaban J connectivity index is 3.76. The molecule has 0 aromatic carbocycles. The van der Waals surface area contributed by atoms with E-state index in [-0.39, 0.29) is 19.8 Å². The van der Waals surface area contributed by atoms with Crippen LogP contribution in [-0.4, -0.2) is 47.3 Å². The third-order valence-corrected chi connectivity index (χ3v) is 1.77. The van der Waals surface area contributed by atoms with Crippen LogP contribution in [0.5, 0.6) is 0 Å². The Morgan fingerprint density at radius 3 is 1.92 bits per heavy atom. The lowest BCUT2D eigenvalue weighted by Gasteiger charge is -2.27. The Hall–Kier alpha value is -0.160. The largest absolute Gasteiger partial charge is 0.393 e. The molecule has 0 aliphatic carbocycles. The molecule has 0 aromatic rings. The van der Waals surface area contributed by atoms with Gasteiger partial charge in [0.1, 0.15) is 5.60 Å². The Kier molecular flexibility index (Phi) is 6.28. The highest BCUT2D eigenvalue weighted by atomic mass is 16.5. The van der Waals surface area contributed by atoms with E-state index >= 15 is 0 Å². The van der Waals surface area contributed by atoms with Gasteiger partial charge in [0, 0.05) is 6.61 Å². The van der Waals surface area contributed by atoms with Gasteiger partial charge < -0.3 is 20.1 Å². The molecule has 4 heteroatoms. The molecule has 0 fully saturated rings. The van der Waals surface area contributed by atoms with Crippen molar-refractivity contribution in [1.82, 2.24) is 0 Å². The Morgan fingerprint density at radius 1 is 1.08 bits per heavy atom. The van der Waals surface area contributed by atoms with E-state index in [1.165, 1.54) is 0 Å². The van der Waals surface area contributed by atoms with Gasteiger partial charge in [-0.2, -0.15) is 0 Å². The van der Waals surface area contributed by atoms with Gasteiger partial charge in [-0.15, -0.1) is 0 Å². The summed E-state index contributed by atoms with van der Waals surface area (Å²) >= 11 is 0. The van der Waals surface area contributed by atoms with E-state index < -0.39 is 5.60 Å². The molecule has 0 aliphatic heterocycles. The Bertz CT molecular complexity index is 93.0. The van der Waals surface area contributed by atoms with Crippen LogP contribution < -0.4 is 0 Å². The molecule has 0 aromatic heterocycles. The number of unbranched alkanes of at least 4 members (excludes halogenated alkanes) is 1. The van der Waals surface area contributed by atoms with Crippen molar-refractivity contribution in [3.8, 4) is 0 Å². The second-order valence-corrected chi connectivity index (χ2v) is 2.86. The van der Waals surface area contributed by atoms with Crippen molar-refractivity contribution in [1.29, 1.82) is 0 Å². The fourth-order valence-electron chi connectivity index (χ4n) is 0.720. The van der Waals surface area contributed by atoms with Gasteiger partial charge in [0.05, 0.1) is 19.8 Å². The van der Waals surface area contributed by atoms with E-state index in [1.54, 1.807) is 0 Å². The summed E-state index contributed by atoms with van der Waals surface area (Å²) in [5, 5.41) is 26.5. The standard InChI is InChI=1S/C8H18O4/c1-2-3-4-12-8(5-9,6-10)7-11/h9-11H,2-7H2,1H3. The SMILES string of the molecule is CCCCOC(CO)(CO)CO. The molecule has 0 spiro atoms. The number of aliphatic hydroxyl groups excluding tert-OH is 3. The zero-order valence-electron chi connectivity index (χ0n) is 7.49. The van der Waals surface area contributed by atoms with E-state index in [2.05, 4.69) is 0 Å². The molecule has 0 rings (SSSR count). The first-order valence-electron chi connectivity index (χ1n) is 4.21. The predicted molar refractivity (Wildman–Crippen MR) is 44.8 cm³/mol. The zero-order valence-corrected chi connectivity index (χ0v) is 7.49. The highest BCUT2D eigenvalue weighted by Gasteiger charge is 2.28. The molecular formula is C8H18O4. The normalized spacial score (nSPS) is 12.0. The van der Waals surface area contributed by atoms with Gasteiger partial charge in [-0.05, 0) is 6.42 Å². The molecular weight excluding hydrogens is 160 g/mol. The summed E-state index contributed by atoms with van der Waals surface area (Å²) in [7, 11) is 0. The minimum Gasteiger partial charge on any atom is -0.393 e. The van der Waals surface area contributed by atoms with Gasteiger partial charge in [0.25, 0.3) is 0 Å². The second-order valence-electron chi connectivity index (χ2n) is 2.86. The van der Waals surface area contributed by atoms with Crippen molar-refractivity contribution in [3.63, 3.8) is 0 Å². The average molecular weight is 178 g/mol. The lowest BCUT2D eigenvalue weighted by Crippen LogP contribution is -2.44. The quantitative estimate of drug-likeness (QED) is 0.460. The molecule has 0 saturated carbocycles. The van der Waals surface area contributed by atoms with Gasteiger partial charge in [-0.1, -0.05) is 13.3 Å². The molecule has 74 valence electrons. The highest BCUT2D eigenvalue weighted by molar-refractivity contribution is 4.77. The summed E-state index contributed by atoms with van der Waals surface area (Å²) in [5.74, 6) is 0. The van der Waals surface area contributed by atoms with Crippen molar-refractivity contribution >= 4 is 0 Å². The summed E-state index contributed by atoms with van der Waals surface area (Å²) < 4.78 is 5.17. The van der Waals surface area contributed by atoms with E-state index in [0.717, 1.165) is 12.8 Å². The second kappa shape index (κ2) is 6.37. The molecule has 0 amide bonds. The van der Waals surface area contributed by atoms with Crippen LogP contribution in [0.25, 0.3) is 0 Å². The van der Waals surface area contributed by atoms with Gasteiger partial charge in [0.2, 0.25) is 0 Å². The molecule has 0 heterocycles. The summed E-state index contributed by atoms with van der Waals surface area (Å²) in [6.07, 6.45) is 1.85. The third-order valence-electron chi connectivity index (χ3n) is 1.77. The van der Waals surface area contributed by atoms with Gasteiger partial charge in [-0.3, -0.25) is 0 Å². The molecule has 4 nitrogen and oxygen atoms in total. The van der Waals surface area contributed by atoms with Crippen LogP contribution in [0.1, 0.15) is 19.8 Å². The Morgan fingerprint density at radius 2 is 1.58 bits per heavy atom. The molecule has 0 saturated heterocycles. The van der Waals surface area contributed by atoms with Crippen molar-refractivity contribution in [2.24, 2.45) is 0 Å². The number of rotatable bonds is 7. The van der Waals surface area contributed by atoms with Crippen LogP contribution in [0.4, 0.5) is 0 Å². The monoisotopic (exact) mass is 178 g/mol. The Labute approximate surface area is 72.8 Å². The van der Waals surface area contributed by atoms with Crippen LogP contribution in [-0.2, 0) is 4.74 Å². The fourth-order valence-corrected chi connectivity index (χ4v) is 0.720. The van der Waals surface area contributed by atoms with Crippen molar-refractivity contribution in [2.45, 2.75) is 25.4 Å². The topological polar surface area (TPSA) is 69.9 Å². The number of aliphatic hydroxyl groups is 3. The number of hydrogen-bond donors (Lipinski definition) is 3. The van der Waals surface area contributed by atoms with Crippen LogP contribution in [0, 0.1) is 0 Å². The summed E-state index contributed by atoms with van der Waals surface area (Å²) in [5.41, 5.74) is -1.16. The summed E-state index contributed by atoms with van der Waals surface area (Å²) in [6, 6.07) is 0. The molecule has 3 N–H and O–H groups in total. The fraction of sp³-hybridized carbons (Fsp3) is 1.00. The molecule has 0 radical (unpaired) electrons. The summed E-state index contributed by atoms with van der Waals surface area (Å²) in [4.78, 5) is 0. The molecule has 0 unspecified atom stereocenters. The van der Waals surface area contributed by atoms with Crippen LogP contribution in [0.3, 0.4) is 0 Å². The maximum atomic E-state index is 8.83. The van der Waals surface area contributed by atoms with Crippen molar-refractivity contribution < 1.29 is 20.1 Å². The smallest absolute Gasteiger partial charge is 0.137 e. The number of hydrogen-bond acceptors (Lipinski definition) is 4. The summed E-state index contributed by atoms with van der Waals surface area (Å²) in [6.45, 7) is 1.40. The van der Waals surface area contributed by atoms with Crippen LogP contribution >= 0.6 is 0 Å². The van der Waals surface area contributed by atoms with E-state index in [9.17, 15) is 0 Å². The number of ether oxygens (including phenoxy) is 1. The van der Waals surface area contributed by atoms with Gasteiger partial charge >= 0.3 is 0 Å². The lowest BCUT2D eigenvalue weighted by atomic mass is 10.1. The van der Waals surface area contributed by atoms with E-state index in [0.29, 0.717) is 6.61 Å². The molecule has 0 atom stereocenters. The highest BCUT2D eigenvalue weighted by Crippen LogP contribution is 2.09. The molecule has 0 aliphatic rings. The van der Waals surface area contributed by atoms with Gasteiger partial charge in [-0.25, -0.2) is 0 Å². The van der Waals surface area contributed by atoms with Crippen molar-refractivity contribution in [3.05, 3.63) is 0 Å². The maximum absolute atomic E-state index is 8.83. The first-order valence-corrected chi connectivity index (χ1v) is 4.21.